The number of para-hydroxylation sites is 1. The van der Waals surface area contributed by atoms with Crippen molar-refractivity contribution in [1.29, 1.82) is 0 Å². The monoisotopic (exact) mass is 405 g/mol. The van der Waals surface area contributed by atoms with Crippen LogP contribution in [0.1, 0.15) is 22.8 Å². The number of anilines is 1. The maximum Gasteiger partial charge on any atom is 0.259 e. The van der Waals surface area contributed by atoms with Crippen LogP contribution >= 0.6 is 0 Å². The standard InChI is InChI=1S/C25H27NO4/c1-2-28-18-19-29-22-14-12-21(13-15-22)26-25(27)23-10-6-7-11-24(23)30-17-16-20-8-4-3-5-9-20/h3-15H,2,16-19H2,1H3,(H,26,27). The molecule has 1 amide bonds. The van der Waals surface area contributed by atoms with Crippen molar-refractivity contribution in [2.24, 2.45) is 0 Å². The van der Waals surface area contributed by atoms with Crippen LogP contribution in [-0.2, 0) is 11.2 Å². The van der Waals surface area contributed by atoms with Gasteiger partial charge in [-0.25, -0.2) is 0 Å². The zero-order chi connectivity index (χ0) is 21.0. The van der Waals surface area contributed by atoms with Gasteiger partial charge in [0.25, 0.3) is 5.91 Å². The molecule has 156 valence electrons. The Labute approximate surface area is 177 Å². The van der Waals surface area contributed by atoms with E-state index in [1.807, 2.05) is 67.6 Å². The molecule has 1 N–H and O–H groups in total. The molecule has 0 fully saturated rings. The summed E-state index contributed by atoms with van der Waals surface area (Å²) in [6.45, 7) is 4.17. The highest BCUT2D eigenvalue weighted by Crippen LogP contribution is 2.21. The van der Waals surface area contributed by atoms with Crippen LogP contribution in [0.5, 0.6) is 11.5 Å². The molecule has 0 saturated heterocycles. The van der Waals surface area contributed by atoms with E-state index >= 15 is 0 Å². The van der Waals surface area contributed by atoms with Gasteiger partial charge in [0.2, 0.25) is 0 Å². The normalized spacial score (nSPS) is 10.4. The fourth-order valence-corrected chi connectivity index (χ4v) is 2.90. The van der Waals surface area contributed by atoms with Crippen molar-refractivity contribution in [1.82, 2.24) is 0 Å². The Hall–Kier alpha value is -3.31. The summed E-state index contributed by atoms with van der Waals surface area (Å²) in [7, 11) is 0. The summed E-state index contributed by atoms with van der Waals surface area (Å²) in [6, 6.07) is 24.7. The van der Waals surface area contributed by atoms with Gasteiger partial charge in [0.15, 0.2) is 0 Å². The van der Waals surface area contributed by atoms with Crippen molar-refractivity contribution in [2.45, 2.75) is 13.3 Å². The van der Waals surface area contributed by atoms with Gasteiger partial charge in [0, 0.05) is 18.7 Å². The summed E-state index contributed by atoms with van der Waals surface area (Å²) in [5, 5.41) is 2.91. The van der Waals surface area contributed by atoms with Gasteiger partial charge < -0.3 is 19.5 Å². The van der Waals surface area contributed by atoms with E-state index < -0.39 is 0 Å². The van der Waals surface area contributed by atoms with Crippen LogP contribution in [0.3, 0.4) is 0 Å². The third kappa shape index (κ3) is 6.64. The molecule has 3 aromatic rings. The minimum absolute atomic E-state index is 0.213. The zero-order valence-electron chi connectivity index (χ0n) is 17.2. The van der Waals surface area contributed by atoms with Crippen LogP contribution < -0.4 is 14.8 Å². The van der Waals surface area contributed by atoms with E-state index in [2.05, 4.69) is 17.4 Å². The summed E-state index contributed by atoms with van der Waals surface area (Å²) >= 11 is 0. The Bertz CT molecular complexity index is 910. The molecule has 0 heterocycles. The Morgan fingerprint density at radius 2 is 1.53 bits per heavy atom. The first-order valence-electron chi connectivity index (χ1n) is 10.1. The Morgan fingerprint density at radius 3 is 2.30 bits per heavy atom. The van der Waals surface area contributed by atoms with E-state index in [-0.39, 0.29) is 5.91 Å². The van der Waals surface area contributed by atoms with E-state index in [4.69, 9.17) is 14.2 Å². The molecule has 0 aliphatic carbocycles. The van der Waals surface area contributed by atoms with E-state index in [0.717, 1.165) is 12.2 Å². The molecule has 30 heavy (non-hydrogen) atoms. The molecule has 0 saturated carbocycles. The molecule has 0 bridgehead atoms. The van der Waals surface area contributed by atoms with Crippen molar-refractivity contribution < 1.29 is 19.0 Å². The summed E-state index contributed by atoms with van der Waals surface area (Å²) in [5.41, 5.74) is 2.39. The largest absolute Gasteiger partial charge is 0.492 e. The van der Waals surface area contributed by atoms with Gasteiger partial charge in [-0.1, -0.05) is 42.5 Å². The molecule has 0 radical (unpaired) electrons. The maximum absolute atomic E-state index is 12.8. The summed E-state index contributed by atoms with van der Waals surface area (Å²) in [6.07, 6.45) is 0.779. The van der Waals surface area contributed by atoms with Gasteiger partial charge in [0.05, 0.1) is 18.8 Å². The minimum atomic E-state index is -0.213. The highest BCUT2D eigenvalue weighted by molar-refractivity contribution is 6.06. The summed E-state index contributed by atoms with van der Waals surface area (Å²) in [4.78, 5) is 12.8. The Morgan fingerprint density at radius 1 is 0.800 bits per heavy atom. The lowest BCUT2D eigenvalue weighted by Gasteiger charge is -2.12. The number of benzene rings is 3. The first-order chi connectivity index (χ1) is 14.8. The number of rotatable bonds is 11. The highest BCUT2D eigenvalue weighted by Gasteiger charge is 2.12. The average Bonchev–Trinajstić information content (AvgIpc) is 2.79. The van der Waals surface area contributed by atoms with Crippen LogP contribution in [0, 0.1) is 0 Å². The molecule has 0 aromatic heterocycles. The zero-order valence-corrected chi connectivity index (χ0v) is 17.2. The molecule has 0 spiro atoms. The fraction of sp³-hybridized carbons (Fsp3) is 0.240. The first-order valence-corrected chi connectivity index (χ1v) is 10.1. The van der Waals surface area contributed by atoms with E-state index in [1.165, 1.54) is 5.56 Å². The maximum atomic E-state index is 12.8. The lowest BCUT2D eigenvalue weighted by molar-refractivity contribution is 0.102. The minimum Gasteiger partial charge on any atom is -0.492 e. The number of hydrogen-bond donors (Lipinski definition) is 1. The van der Waals surface area contributed by atoms with Crippen molar-refractivity contribution in [3.63, 3.8) is 0 Å². The number of amides is 1. The van der Waals surface area contributed by atoms with Gasteiger partial charge in [-0.2, -0.15) is 0 Å². The molecule has 0 aliphatic rings. The molecule has 5 nitrogen and oxygen atoms in total. The molecule has 0 atom stereocenters. The van der Waals surface area contributed by atoms with Gasteiger partial charge in [-0.05, 0) is 48.9 Å². The van der Waals surface area contributed by atoms with Gasteiger partial charge in [-0.15, -0.1) is 0 Å². The number of nitrogens with one attached hydrogen (secondary N) is 1. The summed E-state index contributed by atoms with van der Waals surface area (Å²) in [5.74, 6) is 1.09. The average molecular weight is 405 g/mol. The number of carbonyl (C=O) groups excluding carboxylic acids is 1. The lowest BCUT2D eigenvalue weighted by atomic mass is 10.1. The van der Waals surface area contributed by atoms with E-state index in [0.29, 0.717) is 43.4 Å². The second-order valence-corrected chi connectivity index (χ2v) is 6.60. The van der Waals surface area contributed by atoms with Gasteiger partial charge in [-0.3, -0.25) is 4.79 Å². The van der Waals surface area contributed by atoms with Crippen LogP contribution in [-0.4, -0.2) is 32.3 Å². The predicted octanol–water partition coefficient (Wildman–Crippen LogP) is 4.98. The molecule has 0 aliphatic heterocycles. The number of carbonyl (C=O) groups is 1. The van der Waals surface area contributed by atoms with Crippen LogP contribution in [0.2, 0.25) is 0 Å². The topological polar surface area (TPSA) is 56.8 Å². The quantitative estimate of drug-likeness (QED) is 0.457. The number of hydrogen-bond acceptors (Lipinski definition) is 4. The molecule has 3 rings (SSSR count). The van der Waals surface area contributed by atoms with E-state index in [9.17, 15) is 4.79 Å². The fourth-order valence-electron chi connectivity index (χ4n) is 2.90. The SMILES string of the molecule is CCOCCOc1ccc(NC(=O)c2ccccc2OCCc2ccccc2)cc1. The van der Waals surface area contributed by atoms with Crippen molar-refractivity contribution in [3.8, 4) is 11.5 Å². The van der Waals surface area contributed by atoms with Gasteiger partial charge >= 0.3 is 0 Å². The summed E-state index contributed by atoms with van der Waals surface area (Å²) < 4.78 is 16.7. The first kappa shape index (κ1) is 21.4. The smallest absolute Gasteiger partial charge is 0.259 e. The lowest BCUT2D eigenvalue weighted by Crippen LogP contribution is -2.14. The third-order valence-corrected chi connectivity index (χ3v) is 4.44. The van der Waals surface area contributed by atoms with Crippen LogP contribution in [0.25, 0.3) is 0 Å². The molecular formula is C25H27NO4. The second-order valence-electron chi connectivity index (χ2n) is 6.60. The molecule has 0 unspecified atom stereocenters. The Balaban J connectivity index is 1.55. The predicted molar refractivity (Wildman–Crippen MR) is 118 cm³/mol. The second kappa shape index (κ2) is 11.6. The molecule has 3 aromatic carbocycles. The van der Waals surface area contributed by atoms with Crippen molar-refractivity contribution in [3.05, 3.63) is 90.0 Å². The van der Waals surface area contributed by atoms with Crippen molar-refractivity contribution >= 4 is 11.6 Å². The molecule has 5 heteroatoms. The molecular weight excluding hydrogens is 378 g/mol. The number of ether oxygens (including phenoxy) is 3. The van der Waals surface area contributed by atoms with E-state index in [1.54, 1.807) is 6.07 Å². The van der Waals surface area contributed by atoms with Crippen LogP contribution in [0.4, 0.5) is 5.69 Å². The third-order valence-electron chi connectivity index (χ3n) is 4.44. The Kier molecular flexibility index (Phi) is 8.30. The van der Waals surface area contributed by atoms with Gasteiger partial charge in [0.1, 0.15) is 18.1 Å². The van der Waals surface area contributed by atoms with Crippen molar-refractivity contribution in [2.75, 3.05) is 31.7 Å². The highest BCUT2D eigenvalue weighted by atomic mass is 16.5. The van der Waals surface area contributed by atoms with Crippen LogP contribution in [0.15, 0.2) is 78.9 Å².